The van der Waals surface area contributed by atoms with Gasteiger partial charge in [-0.2, -0.15) is 5.10 Å². The highest BCUT2D eigenvalue weighted by atomic mass is 35.5. The fourth-order valence-corrected chi connectivity index (χ4v) is 5.03. The fraction of sp³-hybridized carbons (Fsp3) is 0.241. The predicted octanol–water partition coefficient (Wildman–Crippen LogP) is 5.55. The molecule has 0 radical (unpaired) electrons. The van der Waals surface area contributed by atoms with E-state index in [1.165, 1.54) is 0 Å². The van der Waals surface area contributed by atoms with Crippen LogP contribution in [0.2, 0.25) is 5.02 Å². The summed E-state index contributed by atoms with van der Waals surface area (Å²) in [5.74, 6) is 2.45. The smallest absolute Gasteiger partial charge is 0.273 e. The summed E-state index contributed by atoms with van der Waals surface area (Å²) in [4.78, 5) is 15.6. The molecule has 0 spiro atoms. The van der Waals surface area contributed by atoms with Crippen LogP contribution in [0.5, 0.6) is 23.0 Å². The predicted molar refractivity (Wildman–Crippen MR) is 145 cm³/mol. The van der Waals surface area contributed by atoms with Crippen LogP contribution < -0.4 is 18.9 Å². The molecule has 9 heteroatoms. The van der Waals surface area contributed by atoms with Gasteiger partial charge in [-0.15, -0.1) is 0 Å². The van der Waals surface area contributed by atoms with Gasteiger partial charge in [-0.1, -0.05) is 29.8 Å². The molecule has 1 amide bonds. The number of ether oxygens (including phenoxy) is 4. The van der Waals surface area contributed by atoms with E-state index in [1.54, 1.807) is 28.4 Å². The van der Waals surface area contributed by atoms with Crippen molar-refractivity contribution in [3.63, 3.8) is 0 Å². The van der Waals surface area contributed by atoms with Gasteiger partial charge >= 0.3 is 0 Å². The quantitative estimate of drug-likeness (QED) is 0.303. The van der Waals surface area contributed by atoms with Gasteiger partial charge in [0.25, 0.3) is 5.91 Å². The number of hydrogen-bond acceptors (Lipinski definition) is 6. The van der Waals surface area contributed by atoms with Crippen molar-refractivity contribution in [2.24, 2.45) is 0 Å². The SMILES string of the molecule is COc1ccc(C2c3c(-c4ccc(Cl)cc4)n[nH]c3C(=O)N2CCc2ccc(OC)c(OC)c2)c(OC)c1. The van der Waals surface area contributed by atoms with Crippen molar-refractivity contribution in [2.75, 3.05) is 35.0 Å². The van der Waals surface area contributed by atoms with E-state index >= 15 is 0 Å². The third kappa shape index (κ3) is 4.52. The van der Waals surface area contributed by atoms with Crippen molar-refractivity contribution >= 4 is 17.5 Å². The first-order chi connectivity index (χ1) is 18.5. The van der Waals surface area contributed by atoms with E-state index in [-0.39, 0.29) is 5.91 Å². The third-order valence-corrected chi connectivity index (χ3v) is 7.06. The highest BCUT2D eigenvalue weighted by Crippen LogP contribution is 2.46. The van der Waals surface area contributed by atoms with Crippen molar-refractivity contribution < 1.29 is 23.7 Å². The molecule has 38 heavy (non-hydrogen) atoms. The van der Waals surface area contributed by atoms with Crippen molar-refractivity contribution in [1.82, 2.24) is 15.1 Å². The number of nitrogens with one attached hydrogen (secondary N) is 1. The van der Waals surface area contributed by atoms with E-state index < -0.39 is 6.04 Å². The zero-order valence-corrected chi connectivity index (χ0v) is 22.3. The molecular formula is C29H28ClN3O5. The van der Waals surface area contributed by atoms with Crippen LogP contribution in [-0.4, -0.2) is 56.0 Å². The second-order valence-corrected chi connectivity index (χ2v) is 9.25. The molecule has 0 aliphatic carbocycles. The average Bonchev–Trinajstić information content (AvgIpc) is 3.50. The van der Waals surface area contributed by atoms with Crippen LogP contribution in [0, 0.1) is 0 Å². The minimum Gasteiger partial charge on any atom is -0.497 e. The van der Waals surface area contributed by atoms with Crippen LogP contribution in [0.25, 0.3) is 11.3 Å². The minimum atomic E-state index is -0.428. The molecule has 0 saturated heterocycles. The lowest BCUT2D eigenvalue weighted by atomic mass is 9.95. The molecule has 0 fully saturated rings. The molecule has 0 bridgehead atoms. The molecule has 1 aliphatic rings. The second-order valence-electron chi connectivity index (χ2n) is 8.82. The van der Waals surface area contributed by atoms with Gasteiger partial charge in [0.15, 0.2) is 11.5 Å². The summed E-state index contributed by atoms with van der Waals surface area (Å²) in [5, 5.41) is 8.16. The largest absolute Gasteiger partial charge is 0.497 e. The standard InChI is InChI=1S/C29H28ClN3O5/c1-35-20-10-11-21(23(16-20)37-3)28-25-26(18-6-8-19(30)9-7-18)31-32-27(25)29(34)33(28)14-13-17-5-12-22(36-2)24(15-17)38-4/h5-12,15-16,28H,13-14H2,1-4H3,(H,31,32). The van der Waals surface area contributed by atoms with Crippen LogP contribution in [0.3, 0.4) is 0 Å². The van der Waals surface area contributed by atoms with Crippen LogP contribution >= 0.6 is 11.6 Å². The first-order valence-electron chi connectivity index (χ1n) is 12.1. The molecule has 5 rings (SSSR count). The van der Waals surface area contributed by atoms with E-state index in [0.29, 0.717) is 52.4 Å². The Morgan fingerprint density at radius 3 is 2.29 bits per heavy atom. The Morgan fingerprint density at radius 2 is 1.61 bits per heavy atom. The number of halogens is 1. The number of amides is 1. The van der Waals surface area contributed by atoms with Gasteiger partial charge in [-0.3, -0.25) is 9.89 Å². The number of hydrogen-bond donors (Lipinski definition) is 1. The number of fused-ring (bicyclic) bond motifs is 1. The number of aromatic nitrogens is 2. The highest BCUT2D eigenvalue weighted by molar-refractivity contribution is 6.30. The number of rotatable bonds is 9. The first-order valence-corrected chi connectivity index (χ1v) is 12.4. The van der Waals surface area contributed by atoms with Crippen LogP contribution in [0.15, 0.2) is 60.7 Å². The Kier molecular flexibility index (Phi) is 7.15. The van der Waals surface area contributed by atoms with Crippen molar-refractivity contribution in [3.05, 3.63) is 88.1 Å². The Labute approximate surface area is 226 Å². The molecule has 8 nitrogen and oxygen atoms in total. The molecule has 1 N–H and O–H groups in total. The van der Waals surface area contributed by atoms with E-state index in [4.69, 9.17) is 30.5 Å². The van der Waals surface area contributed by atoms with Gasteiger partial charge in [0.05, 0.1) is 40.2 Å². The maximum atomic E-state index is 13.8. The summed E-state index contributed by atoms with van der Waals surface area (Å²) in [6.45, 7) is 0.455. The molecule has 4 aromatic rings. The first kappa shape index (κ1) is 25.5. The maximum Gasteiger partial charge on any atom is 0.273 e. The summed E-state index contributed by atoms with van der Waals surface area (Å²) < 4.78 is 22.0. The van der Waals surface area contributed by atoms with Gasteiger partial charge < -0.3 is 23.8 Å². The monoisotopic (exact) mass is 533 g/mol. The summed E-state index contributed by atoms with van der Waals surface area (Å²) >= 11 is 6.13. The molecule has 1 atom stereocenters. The number of carbonyl (C=O) groups excluding carboxylic acids is 1. The third-order valence-electron chi connectivity index (χ3n) is 6.81. The van der Waals surface area contributed by atoms with Crippen LogP contribution in [0.1, 0.15) is 33.2 Å². The van der Waals surface area contributed by atoms with Crippen LogP contribution in [-0.2, 0) is 6.42 Å². The number of nitrogens with zero attached hydrogens (tertiary/aromatic N) is 2. The van der Waals surface area contributed by atoms with Crippen LogP contribution in [0.4, 0.5) is 0 Å². The van der Waals surface area contributed by atoms with Gasteiger partial charge in [0, 0.05) is 34.3 Å². The normalized spacial score (nSPS) is 14.4. The second kappa shape index (κ2) is 10.7. The average molecular weight is 534 g/mol. The highest BCUT2D eigenvalue weighted by Gasteiger charge is 2.43. The molecule has 196 valence electrons. The Hall–Kier alpha value is -4.17. The van der Waals surface area contributed by atoms with Gasteiger partial charge in [-0.25, -0.2) is 0 Å². The lowest BCUT2D eigenvalue weighted by Crippen LogP contribution is -2.31. The summed E-state index contributed by atoms with van der Waals surface area (Å²) in [6.07, 6.45) is 0.606. The van der Waals surface area contributed by atoms with E-state index in [1.807, 2.05) is 65.6 Å². The molecule has 3 aromatic carbocycles. The molecular weight excluding hydrogens is 506 g/mol. The topological polar surface area (TPSA) is 85.9 Å². The molecule has 1 unspecified atom stereocenters. The number of benzene rings is 3. The number of carbonyl (C=O) groups is 1. The Balaban J connectivity index is 1.58. The summed E-state index contributed by atoms with van der Waals surface area (Å²) in [5.41, 5.74) is 4.67. The van der Waals surface area contributed by atoms with Crippen molar-refractivity contribution in [2.45, 2.75) is 12.5 Å². The number of aromatic amines is 1. The fourth-order valence-electron chi connectivity index (χ4n) is 4.91. The van der Waals surface area contributed by atoms with Gasteiger partial charge in [-0.05, 0) is 48.4 Å². The van der Waals surface area contributed by atoms with Crippen molar-refractivity contribution in [3.8, 4) is 34.3 Å². The van der Waals surface area contributed by atoms with Crippen molar-refractivity contribution in [1.29, 1.82) is 0 Å². The zero-order chi connectivity index (χ0) is 26.8. The molecule has 0 saturated carbocycles. The summed E-state index contributed by atoms with van der Waals surface area (Å²) in [6, 6.07) is 18.4. The maximum absolute atomic E-state index is 13.8. The lowest BCUT2D eigenvalue weighted by molar-refractivity contribution is 0.0744. The summed E-state index contributed by atoms with van der Waals surface area (Å²) in [7, 11) is 6.43. The zero-order valence-electron chi connectivity index (χ0n) is 21.6. The lowest BCUT2D eigenvalue weighted by Gasteiger charge is -2.28. The Morgan fingerprint density at radius 1 is 0.868 bits per heavy atom. The van der Waals surface area contributed by atoms with E-state index in [0.717, 1.165) is 22.3 Å². The van der Waals surface area contributed by atoms with Gasteiger partial charge in [0.1, 0.15) is 17.2 Å². The van der Waals surface area contributed by atoms with E-state index in [9.17, 15) is 4.79 Å². The van der Waals surface area contributed by atoms with E-state index in [2.05, 4.69) is 10.2 Å². The molecule has 2 heterocycles. The molecule has 1 aliphatic heterocycles. The van der Waals surface area contributed by atoms with Gasteiger partial charge in [0.2, 0.25) is 0 Å². The Bertz CT molecular complexity index is 1470. The number of H-pyrrole nitrogens is 1. The molecule has 1 aromatic heterocycles. The minimum absolute atomic E-state index is 0.129. The number of methoxy groups -OCH3 is 4.